The number of sulfonamides is 1. The molecule has 1 amide bonds. The fraction of sp³-hybridized carbons (Fsp3) is 0.125. The summed E-state index contributed by atoms with van der Waals surface area (Å²) in [6.45, 7) is 1.71. The van der Waals surface area contributed by atoms with Gasteiger partial charge < -0.3 is 9.73 Å². The fourth-order valence-electron chi connectivity index (χ4n) is 2.10. The molecule has 3 N–H and O–H groups in total. The van der Waals surface area contributed by atoms with E-state index >= 15 is 0 Å². The van der Waals surface area contributed by atoms with Gasteiger partial charge in [0.05, 0.1) is 10.1 Å². The molecular formula is C16H14ClN3O4S2. The predicted molar refractivity (Wildman–Crippen MR) is 101 cm³/mol. The molecule has 0 saturated heterocycles. The Morgan fingerprint density at radius 3 is 2.62 bits per heavy atom. The first-order chi connectivity index (χ1) is 12.2. The van der Waals surface area contributed by atoms with E-state index in [1.165, 1.54) is 24.3 Å². The van der Waals surface area contributed by atoms with E-state index in [-0.39, 0.29) is 10.8 Å². The smallest absolute Gasteiger partial charge is 0.257 e. The Kier molecular flexibility index (Phi) is 5.24. The molecule has 0 saturated carbocycles. The van der Waals surface area contributed by atoms with Crippen LogP contribution in [0.3, 0.4) is 0 Å². The summed E-state index contributed by atoms with van der Waals surface area (Å²) in [7, 11) is -3.77. The van der Waals surface area contributed by atoms with Gasteiger partial charge in [-0.3, -0.25) is 4.79 Å². The standard InChI is InChI=1S/C16H14ClN3O4S2/c1-9(25-16-20-13-7-2-10(17)8-14(13)24-16)15(21)19-11-3-5-12(6-4-11)26(18,22)23/h2-9H,1H3,(H,19,21)(H2,18,22,23)/t9-/m1/s1. The van der Waals surface area contributed by atoms with Crippen molar-refractivity contribution in [1.82, 2.24) is 4.98 Å². The number of amides is 1. The second kappa shape index (κ2) is 7.28. The largest absolute Gasteiger partial charge is 0.431 e. The summed E-state index contributed by atoms with van der Waals surface area (Å²) >= 11 is 7.07. The first-order valence-electron chi connectivity index (χ1n) is 7.39. The van der Waals surface area contributed by atoms with E-state index in [9.17, 15) is 13.2 Å². The third kappa shape index (κ3) is 4.36. The van der Waals surface area contributed by atoms with Crippen molar-refractivity contribution in [2.75, 3.05) is 5.32 Å². The molecular weight excluding hydrogens is 398 g/mol. The quantitative estimate of drug-likeness (QED) is 0.622. The lowest BCUT2D eigenvalue weighted by Gasteiger charge is -2.10. The van der Waals surface area contributed by atoms with Gasteiger partial charge in [0.2, 0.25) is 15.9 Å². The maximum Gasteiger partial charge on any atom is 0.257 e. The highest BCUT2D eigenvalue weighted by molar-refractivity contribution is 8.00. The van der Waals surface area contributed by atoms with Crippen molar-refractivity contribution in [3.8, 4) is 0 Å². The number of nitrogens with zero attached hydrogens (tertiary/aromatic N) is 1. The molecule has 0 bridgehead atoms. The lowest BCUT2D eigenvalue weighted by atomic mass is 10.3. The van der Waals surface area contributed by atoms with E-state index in [2.05, 4.69) is 10.3 Å². The summed E-state index contributed by atoms with van der Waals surface area (Å²) in [4.78, 5) is 16.6. The zero-order chi connectivity index (χ0) is 18.9. The number of benzene rings is 2. The third-order valence-electron chi connectivity index (χ3n) is 3.43. The van der Waals surface area contributed by atoms with Crippen molar-refractivity contribution in [3.63, 3.8) is 0 Å². The van der Waals surface area contributed by atoms with Crippen molar-refractivity contribution in [1.29, 1.82) is 0 Å². The molecule has 1 heterocycles. The van der Waals surface area contributed by atoms with Gasteiger partial charge in [-0.05, 0) is 43.3 Å². The fourth-order valence-corrected chi connectivity index (χ4v) is 3.54. The van der Waals surface area contributed by atoms with Crippen molar-refractivity contribution in [2.45, 2.75) is 22.3 Å². The van der Waals surface area contributed by atoms with Crippen LogP contribution in [0.15, 0.2) is 57.0 Å². The molecule has 1 aromatic heterocycles. The Bertz CT molecular complexity index is 1060. The summed E-state index contributed by atoms with van der Waals surface area (Å²) in [5.74, 6) is -0.279. The summed E-state index contributed by atoms with van der Waals surface area (Å²) in [6, 6.07) is 10.7. The lowest BCUT2D eigenvalue weighted by molar-refractivity contribution is -0.115. The molecule has 26 heavy (non-hydrogen) atoms. The zero-order valence-corrected chi connectivity index (χ0v) is 15.9. The molecule has 10 heteroatoms. The maximum atomic E-state index is 12.3. The van der Waals surface area contributed by atoms with E-state index in [4.69, 9.17) is 21.2 Å². The molecule has 136 valence electrons. The number of oxazole rings is 1. The van der Waals surface area contributed by atoms with E-state index in [0.29, 0.717) is 27.0 Å². The molecule has 0 fully saturated rings. The van der Waals surface area contributed by atoms with E-state index in [0.717, 1.165) is 11.8 Å². The van der Waals surface area contributed by atoms with Crippen molar-refractivity contribution < 1.29 is 17.6 Å². The van der Waals surface area contributed by atoms with Gasteiger partial charge >= 0.3 is 0 Å². The number of anilines is 1. The number of primary sulfonamides is 1. The van der Waals surface area contributed by atoms with Crippen LogP contribution in [-0.4, -0.2) is 24.6 Å². The highest BCUT2D eigenvalue weighted by Crippen LogP contribution is 2.28. The average molecular weight is 412 g/mol. The zero-order valence-electron chi connectivity index (χ0n) is 13.5. The van der Waals surface area contributed by atoms with E-state index in [1.807, 2.05) is 0 Å². The Morgan fingerprint density at radius 1 is 1.27 bits per heavy atom. The van der Waals surface area contributed by atoms with E-state index in [1.54, 1.807) is 25.1 Å². The predicted octanol–water partition coefficient (Wildman–Crippen LogP) is 3.25. The molecule has 0 spiro atoms. The highest BCUT2D eigenvalue weighted by Gasteiger charge is 2.18. The highest BCUT2D eigenvalue weighted by atomic mass is 35.5. The molecule has 0 radical (unpaired) electrons. The minimum atomic E-state index is -3.77. The Labute approximate surface area is 159 Å². The van der Waals surface area contributed by atoms with Crippen LogP contribution >= 0.6 is 23.4 Å². The van der Waals surface area contributed by atoms with Gasteiger partial charge in [-0.15, -0.1) is 0 Å². The second-order valence-corrected chi connectivity index (χ2v) is 8.70. The molecule has 3 aromatic rings. The molecule has 7 nitrogen and oxygen atoms in total. The van der Waals surface area contributed by atoms with Gasteiger partial charge in [-0.1, -0.05) is 23.4 Å². The van der Waals surface area contributed by atoms with Crippen LogP contribution in [0.25, 0.3) is 11.1 Å². The number of nitrogens with two attached hydrogens (primary N) is 1. The molecule has 0 aliphatic rings. The maximum absolute atomic E-state index is 12.3. The van der Waals surface area contributed by atoms with Crippen LogP contribution in [0.5, 0.6) is 0 Å². The summed E-state index contributed by atoms with van der Waals surface area (Å²) < 4.78 is 28.0. The Balaban J connectivity index is 1.67. The molecule has 0 aliphatic heterocycles. The summed E-state index contributed by atoms with van der Waals surface area (Å²) in [5.41, 5.74) is 1.66. The van der Waals surface area contributed by atoms with Crippen LogP contribution in [0.2, 0.25) is 5.02 Å². The number of aromatic nitrogens is 1. The van der Waals surface area contributed by atoms with E-state index < -0.39 is 15.3 Å². The van der Waals surface area contributed by atoms with Crippen molar-refractivity contribution >= 4 is 56.1 Å². The molecule has 3 rings (SSSR count). The van der Waals surface area contributed by atoms with Gasteiger partial charge in [0.1, 0.15) is 5.52 Å². The number of hydrogen-bond acceptors (Lipinski definition) is 6. The molecule has 2 aromatic carbocycles. The number of carbonyl (C=O) groups excluding carboxylic acids is 1. The third-order valence-corrected chi connectivity index (χ3v) is 5.54. The SMILES string of the molecule is C[C@@H](Sc1nc2ccc(Cl)cc2o1)C(=O)Nc1ccc(S(N)(=O)=O)cc1. The van der Waals surface area contributed by atoms with Gasteiger partial charge in [0, 0.05) is 16.8 Å². The van der Waals surface area contributed by atoms with Crippen LogP contribution in [0.1, 0.15) is 6.92 Å². The summed E-state index contributed by atoms with van der Waals surface area (Å²) in [5, 5.41) is 8.14. The number of nitrogens with one attached hydrogen (secondary N) is 1. The minimum absolute atomic E-state index is 0.0249. The number of rotatable bonds is 5. The first-order valence-corrected chi connectivity index (χ1v) is 10.2. The van der Waals surface area contributed by atoms with Crippen LogP contribution in [0, 0.1) is 0 Å². The average Bonchev–Trinajstić information content (AvgIpc) is 2.95. The minimum Gasteiger partial charge on any atom is -0.431 e. The number of carbonyl (C=O) groups is 1. The number of halogens is 1. The molecule has 1 atom stereocenters. The van der Waals surface area contributed by atoms with Crippen LogP contribution in [-0.2, 0) is 14.8 Å². The number of fused-ring (bicyclic) bond motifs is 1. The number of thioether (sulfide) groups is 1. The Morgan fingerprint density at radius 2 is 1.96 bits per heavy atom. The molecule has 0 aliphatic carbocycles. The van der Waals surface area contributed by atoms with Crippen molar-refractivity contribution in [3.05, 3.63) is 47.5 Å². The lowest BCUT2D eigenvalue weighted by Crippen LogP contribution is -2.22. The van der Waals surface area contributed by atoms with Crippen LogP contribution in [0.4, 0.5) is 5.69 Å². The summed E-state index contributed by atoms with van der Waals surface area (Å²) in [6.07, 6.45) is 0. The normalized spacial score (nSPS) is 12.9. The Hall–Kier alpha value is -2.07. The first kappa shape index (κ1) is 18.7. The molecule has 0 unspecified atom stereocenters. The number of hydrogen-bond donors (Lipinski definition) is 2. The van der Waals surface area contributed by atoms with Crippen molar-refractivity contribution in [2.24, 2.45) is 5.14 Å². The van der Waals surface area contributed by atoms with Gasteiger partial charge in [0.25, 0.3) is 5.22 Å². The topological polar surface area (TPSA) is 115 Å². The second-order valence-electron chi connectivity index (χ2n) is 5.41. The van der Waals surface area contributed by atoms with Gasteiger partial charge in [-0.2, -0.15) is 0 Å². The van der Waals surface area contributed by atoms with Crippen LogP contribution < -0.4 is 10.5 Å². The van der Waals surface area contributed by atoms with Gasteiger partial charge in [-0.25, -0.2) is 18.5 Å². The monoisotopic (exact) mass is 411 g/mol. The van der Waals surface area contributed by atoms with Gasteiger partial charge in [0.15, 0.2) is 5.58 Å².